The Hall–Kier alpha value is -2.20. The van der Waals surface area contributed by atoms with Crippen molar-refractivity contribution in [1.82, 2.24) is 15.2 Å². The topological polar surface area (TPSA) is 45.2 Å². The summed E-state index contributed by atoms with van der Waals surface area (Å²) in [6, 6.07) is 11.9. The van der Waals surface area contributed by atoms with Crippen molar-refractivity contribution in [2.45, 2.75) is 0 Å². The fourth-order valence-electron chi connectivity index (χ4n) is 2.32. The van der Waals surface area contributed by atoms with E-state index in [9.17, 15) is 4.79 Å². The average molecular weight is 267 g/mol. The van der Waals surface area contributed by atoms with Gasteiger partial charge in [-0.3, -0.25) is 4.79 Å². The van der Waals surface area contributed by atoms with Crippen LogP contribution < -0.4 is 5.32 Å². The fraction of sp³-hybridized carbons (Fsp3) is 0.250. The minimum Gasteiger partial charge on any atom is -0.337 e. The maximum atomic E-state index is 12.0. The number of para-hydroxylation sites is 1. The number of piperazine rings is 1. The van der Waals surface area contributed by atoms with E-state index >= 15 is 0 Å². The molecule has 1 aromatic carbocycles. The molecule has 1 fully saturated rings. The number of hydrogen-bond donors (Lipinski definition) is 1. The van der Waals surface area contributed by atoms with Gasteiger partial charge in [0.1, 0.15) is 0 Å². The molecule has 0 spiro atoms. The first-order valence-electron chi connectivity index (χ1n) is 6.86. The molecule has 20 heavy (non-hydrogen) atoms. The Bertz CT molecular complexity index is 645. The first-order chi connectivity index (χ1) is 9.83. The van der Waals surface area contributed by atoms with Crippen molar-refractivity contribution in [2.24, 2.45) is 0 Å². The molecule has 3 rings (SSSR count). The van der Waals surface area contributed by atoms with E-state index in [1.807, 2.05) is 41.3 Å². The smallest absolute Gasteiger partial charge is 0.246 e. The van der Waals surface area contributed by atoms with Gasteiger partial charge in [0.15, 0.2) is 0 Å². The molecule has 102 valence electrons. The van der Waals surface area contributed by atoms with E-state index in [2.05, 4.69) is 10.3 Å². The first kappa shape index (κ1) is 12.8. The van der Waals surface area contributed by atoms with Gasteiger partial charge >= 0.3 is 0 Å². The lowest BCUT2D eigenvalue weighted by molar-refractivity contribution is -0.126. The Labute approximate surface area is 118 Å². The summed E-state index contributed by atoms with van der Waals surface area (Å²) >= 11 is 0. The van der Waals surface area contributed by atoms with Crippen molar-refractivity contribution < 1.29 is 4.79 Å². The molecule has 2 heterocycles. The summed E-state index contributed by atoms with van der Waals surface area (Å²) in [4.78, 5) is 18.4. The molecule has 1 saturated heterocycles. The van der Waals surface area contributed by atoms with Crippen molar-refractivity contribution in [2.75, 3.05) is 26.2 Å². The van der Waals surface area contributed by atoms with Crippen LogP contribution in [0.1, 0.15) is 5.69 Å². The van der Waals surface area contributed by atoms with Crippen LogP contribution in [0.2, 0.25) is 0 Å². The van der Waals surface area contributed by atoms with Gasteiger partial charge in [0.05, 0.1) is 11.2 Å². The van der Waals surface area contributed by atoms with Crippen molar-refractivity contribution in [3.63, 3.8) is 0 Å². The zero-order valence-electron chi connectivity index (χ0n) is 11.2. The minimum absolute atomic E-state index is 0.0569. The SMILES string of the molecule is O=C(/C=C/c1ccc2ccccc2n1)N1CCNCC1. The maximum Gasteiger partial charge on any atom is 0.246 e. The third kappa shape index (κ3) is 2.86. The van der Waals surface area contributed by atoms with Crippen molar-refractivity contribution >= 4 is 22.9 Å². The second-order valence-electron chi connectivity index (χ2n) is 4.84. The maximum absolute atomic E-state index is 12.0. The lowest BCUT2D eigenvalue weighted by Gasteiger charge is -2.26. The van der Waals surface area contributed by atoms with Gasteiger partial charge in [-0.15, -0.1) is 0 Å². The minimum atomic E-state index is 0.0569. The second kappa shape index (κ2) is 5.84. The molecule has 4 nitrogen and oxygen atoms in total. The summed E-state index contributed by atoms with van der Waals surface area (Å²) in [7, 11) is 0. The third-order valence-electron chi connectivity index (χ3n) is 3.45. The average Bonchev–Trinajstić information content (AvgIpc) is 2.53. The highest BCUT2D eigenvalue weighted by Crippen LogP contribution is 2.12. The van der Waals surface area contributed by atoms with Gasteiger partial charge in [0.25, 0.3) is 0 Å². The highest BCUT2D eigenvalue weighted by atomic mass is 16.2. The number of aromatic nitrogens is 1. The van der Waals surface area contributed by atoms with Gasteiger partial charge < -0.3 is 10.2 Å². The Morgan fingerprint density at radius 2 is 1.95 bits per heavy atom. The van der Waals surface area contributed by atoms with Crippen LogP contribution in [0.5, 0.6) is 0 Å². The Balaban J connectivity index is 1.74. The molecule has 0 aliphatic carbocycles. The van der Waals surface area contributed by atoms with E-state index in [4.69, 9.17) is 0 Å². The van der Waals surface area contributed by atoms with E-state index in [0.29, 0.717) is 0 Å². The van der Waals surface area contributed by atoms with Gasteiger partial charge in [-0.2, -0.15) is 0 Å². The largest absolute Gasteiger partial charge is 0.337 e. The number of pyridine rings is 1. The van der Waals surface area contributed by atoms with Crippen molar-refractivity contribution in [1.29, 1.82) is 0 Å². The number of rotatable bonds is 2. The summed E-state index contributed by atoms with van der Waals surface area (Å²) < 4.78 is 0. The molecule has 1 aliphatic heterocycles. The van der Waals surface area contributed by atoms with Crippen LogP contribution in [0.15, 0.2) is 42.5 Å². The standard InChI is InChI=1S/C16H17N3O/c20-16(19-11-9-17-10-12-19)8-7-14-6-5-13-3-1-2-4-15(13)18-14/h1-8,17H,9-12H2/b8-7+. The van der Waals surface area contributed by atoms with Crippen LogP contribution in [0.3, 0.4) is 0 Å². The summed E-state index contributed by atoms with van der Waals surface area (Å²) in [6.07, 6.45) is 3.40. The van der Waals surface area contributed by atoms with E-state index in [0.717, 1.165) is 42.8 Å². The zero-order chi connectivity index (χ0) is 13.8. The summed E-state index contributed by atoms with van der Waals surface area (Å²) in [5, 5.41) is 4.34. The lowest BCUT2D eigenvalue weighted by atomic mass is 10.2. The number of amides is 1. The Morgan fingerprint density at radius 1 is 1.15 bits per heavy atom. The van der Waals surface area contributed by atoms with Crippen LogP contribution in [0.25, 0.3) is 17.0 Å². The number of benzene rings is 1. The number of carbonyl (C=O) groups excluding carboxylic acids is 1. The zero-order valence-corrected chi connectivity index (χ0v) is 11.2. The normalized spacial score (nSPS) is 15.9. The fourth-order valence-corrected chi connectivity index (χ4v) is 2.32. The molecular weight excluding hydrogens is 250 g/mol. The molecule has 1 aliphatic rings. The Morgan fingerprint density at radius 3 is 2.80 bits per heavy atom. The Kier molecular flexibility index (Phi) is 3.74. The molecule has 0 radical (unpaired) electrons. The first-order valence-corrected chi connectivity index (χ1v) is 6.86. The van der Waals surface area contributed by atoms with E-state index in [1.165, 1.54) is 0 Å². The van der Waals surface area contributed by atoms with Crippen LogP contribution in [-0.4, -0.2) is 42.0 Å². The highest BCUT2D eigenvalue weighted by Gasteiger charge is 2.13. The number of hydrogen-bond acceptors (Lipinski definition) is 3. The molecule has 1 N–H and O–H groups in total. The molecule has 0 atom stereocenters. The molecule has 4 heteroatoms. The van der Waals surface area contributed by atoms with Crippen LogP contribution in [-0.2, 0) is 4.79 Å². The predicted molar refractivity (Wildman–Crippen MR) is 80.2 cm³/mol. The van der Waals surface area contributed by atoms with E-state index in [-0.39, 0.29) is 5.91 Å². The summed E-state index contributed by atoms with van der Waals surface area (Å²) in [6.45, 7) is 3.28. The monoisotopic (exact) mass is 267 g/mol. The predicted octanol–water partition coefficient (Wildman–Crippen LogP) is 1.68. The molecule has 2 aromatic rings. The van der Waals surface area contributed by atoms with Gasteiger partial charge in [-0.05, 0) is 18.2 Å². The number of nitrogens with zero attached hydrogens (tertiary/aromatic N) is 2. The van der Waals surface area contributed by atoms with Gasteiger partial charge in [0, 0.05) is 37.6 Å². The number of fused-ring (bicyclic) bond motifs is 1. The lowest BCUT2D eigenvalue weighted by Crippen LogP contribution is -2.45. The number of carbonyl (C=O) groups is 1. The van der Waals surface area contributed by atoms with E-state index < -0.39 is 0 Å². The van der Waals surface area contributed by atoms with E-state index in [1.54, 1.807) is 12.2 Å². The third-order valence-corrected chi connectivity index (χ3v) is 3.45. The molecular formula is C16H17N3O. The molecule has 1 aromatic heterocycles. The van der Waals surface area contributed by atoms with Crippen LogP contribution in [0.4, 0.5) is 0 Å². The quantitative estimate of drug-likeness (QED) is 0.842. The van der Waals surface area contributed by atoms with Crippen LogP contribution >= 0.6 is 0 Å². The highest BCUT2D eigenvalue weighted by molar-refractivity contribution is 5.92. The van der Waals surface area contributed by atoms with Crippen molar-refractivity contribution in [3.8, 4) is 0 Å². The van der Waals surface area contributed by atoms with Gasteiger partial charge in [-0.25, -0.2) is 4.98 Å². The van der Waals surface area contributed by atoms with Crippen molar-refractivity contribution in [3.05, 3.63) is 48.2 Å². The van der Waals surface area contributed by atoms with Gasteiger partial charge in [-0.1, -0.05) is 24.3 Å². The van der Waals surface area contributed by atoms with Crippen LogP contribution in [0, 0.1) is 0 Å². The molecule has 1 amide bonds. The second-order valence-corrected chi connectivity index (χ2v) is 4.84. The molecule has 0 bridgehead atoms. The molecule has 0 unspecified atom stereocenters. The molecule has 0 saturated carbocycles. The summed E-state index contributed by atoms with van der Waals surface area (Å²) in [5.41, 5.74) is 1.76. The number of nitrogens with one attached hydrogen (secondary N) is 1. The van der Waals surface area contributed by atoms with Gasteiger partial charge in [0.2, 0.25) is 5.91 Å². The summed E-state index contributed by atoms with van der Waals surface area (Å²) in [5.74, 6) is 0.0569.